The molecule has 1 amide bonds. The Hall–Kier alpha value is -3.87. The van der Waals surface area contributed by atoms with Crippen molar-refractivity contribution in [3.05, 3.63) is 76.8 Å². The Bertz CT molecular complexity index is 1260. The van der Waals surface area contributed by atoms with Crippen LogP contribution in [0.15, 0.2) is 66.7 Å². The van der Waals surface area contributed by atoms with Gasteiger partial charge in [0.1, 0.15) is 0 Å². The average Bonchev–Trinajstić information content (AvgIpc) is 3.07. The molecule has 152 valence electrons. The van der Waals surface area contributed by atoms with E-state index < -0.39 is 11.0 Å². The van der Waals surface area contributed by atoms with Crippen LogP contribution in [0.3, 0.4) is 0 Å². The van der Waals surface area contributed by atoms with E-state index in [-0.39, 0.29) is 17.3 Å². The van der Waals surface area contributed by atoms with Crippen LogP contribution in [0.4, 0.5) is 11.4 Å². The highest BCUT2D eigenvalue weighted by atomic mass is 16.6. The maximum Gasteiger partial charge on any atom is 0.310 e. The zero-order valence-electron chi connectivity index (χ0n) is 16.7. The first-order valence-corrected chi connectivity index (χ1v) is 9.71. The quantitative estimate of drug-likeness (QED) is 0.357. The Morgan fingerprint density at radius 1 is 1.07 bits per heavy atom. The molecule has 0 spiro atoms. The Morgan fingerprint density at radius 2 is 1.77 bits per heavy atom. The van der Waals surface area contributed by atoms with Gasteiger partial charge in [0.2, 0.25) is 0 Å². The van der Waals surface area contributed by atoms with Crippen molar-refractivity contribution in [1.82, 2.24) is 4.57 Å². The van der Waals surface area contributed by atoms with Crippen LogP contribution >= 0.6 is 0 Å². The summed E-state index contributed by atoms with van der Waals surface area (Å²) in [6, 6.07) is 19.9. The minimum absolute atomic E-state index is 0.0617. The number of nitro groups is 1. The third-order valence-corrected chi connectivity index (χ3v) is 5.09. The number of benzene rings is 3. The summed E-state index contributed by atoms with van der Waals surface area (Å²) < 4.78 is 7.79. The standard InChI is InChI=1S/C23H21N3O4/c1-3-25-19-9-5-4-8-17(19)18-14-16(12-13-20(18)25)24-23(27)15(2)30-22-11-7-6-10-21(22)26(28)29/h4-15H,3H2,1-2H3,(H,24,27). The van der Waals surface area contributed by atoms with Crippen LogP contribution < -0.4 is 10.1 Å². The van der Waals surface area contributed by atoms with Crippen molar-refractivity contribution in [3.8, 4) is 5.75 Å². The molecule has 7 heteroatoms. The molecule has 1 atom stereocenters. The number of hydrogen-bond acceptors (Lipinski definition) is 4. The lowest BCUT2D eigenvalue weighted by atomic mass is 10.1. The molecule has 1 unspecified atom stereocenters. The summed E-state index contributed by atoms with van der Waals surface area (Å²) in [5.74, 6) is -0.321. The van der Waals surface area contributed by atoms with E-state index in [9.17, 15) is 14.9 Å². The third-order valence-electron chi connectivity index (χ3n) is 5.09. The van der Waals surface area contributed by atoms with Gasteiger partial charge in [-0.2, -0.15) is 0 Å². The van der Waals surface area contributed by atoms with Crippen LogP contribution in [-0.2, 0) is 11.3 Å². The topological polar surface area (TPSA) is 86.4 Å². The van der Waals surface area contributed by atoms with Crippen molar-refractivity contribution >= 4 is 39.1 Å². The predicted molar refractivity (Wildman–Crippen MR) is 117 cm³/mol. The van der Waals surface area contributed by atoms with Gasteiger partial charge in [0.15, 0.2) is 11.9 Å². The Kier molecular flexibility index (Phi) is 5.10. The van der Waals surface area contributed by atoms with Crippen LogP contribution in [-0.4, -0.2) is 21.5 Å². The summed E-state index contributed by atoms with van der Waals surface area (Å²) in [7, 11) is 0. The number of carbonyl (C=O) groups is 1. The van der Waals surface area contributed by atoms with E-state index in [1.807, 2.05) is 30.3 Å². The number of aryl methyl sites for hydroxylation is 1. The fourth-order valence-corrected chi connectivity index (χ4v) is 3.67. The molecule has 3 aromatic carbocycles. The van der Waals surface area contributed by atoms with Gasteiger partial charge in [-0.3, -0.25) is 14.9 Å². The van der Waals surface area contributed by atoms with Crippen molar-refractivity contribution in [2.45, 2.75) is 26.5 Å². The largest absolute Gasteiger partial charge is 0.474 e. The third kappa shape index (κ3) is 3.45. The lowest BCUT2D eigenvalue weighted by molar-refractivity contribution is -0.386. The molecule has 0 aliphatic rings. The van der Waals surface area contributed by atoms with Crippen LogP contribution in [0.1, 0.15) is 13.8 Å². The van der Waals surface area contributed by atoms with Crippen molar-refractivity contribution in [1.29, 1.82) is 0 Å². The van der Waals surface area contributed by atoms with Gasteiger partial charge >= 0.3 is 5.69 Å². The van der Waals surface area contributed by atoms with Crippen molar-refractivity contribution in [3.63, 3.8) is 0 Å². The molecule has 0 bridgehead atoms. The summed E-state index contributed by atoms with van der Waals surface area (Å²) in [5.41, 5.74) is 2.71. The minimum atomic E-state index is -0.904. The summed E-state index contributed by atoms with van der Waals surface area (Å²) in [4.78, 5) is 23.3. The van der Waals surface area contributed by atoms with Gasteiger partial charge in [-0.05, 0) is 44.2 Å². The number of para-hydroxylation sites is 3. The van der Waals surface area contributed by atoms with Gasteiger partial charge in [0.05, 0.1) is 4.92 Å². The number of nitrogens with one attached hydrogen (secondary N) is 1. The number of hydrogen-bond donors (Lipinski definition) is 1. The van der Waals surface area contributed by atoms with Crippen LogP contribution in [0.2, 0.25) is 0 Å². The first kappa shape index (κ1) is 19.4. The van der Waals surface area contributed by atoms with Gasteiger partial charge in [-0.15, -0.1) is 0 Å². The summed E-state index contributed by atoms with van der Waals surface area (Å²) in [5, 5.41) is 16.2. The zero-order valence-corrected chi connectivity index (χ0v) is 16.7. The molecule has 0 aliphatic carbocycles. The maximum atomic E-state index is 12.6. The van der Waals surface area contributed by atoms with Crippen LogP contribution in [0.25, 0.3) is 21.8 Å². The highest BCUT2D eigenvalue weighted by Crippen LogP contribution is 2.31. The molecular formula is C23H21N3O4. The van der Waals surface area contributed by atoms with Gasteiger partial charge in [0, 0.05) is 40.1 Å². The Morgan fingerprint density at radius 3 is 2.53 bits per heavy atom. The lowest BCUT2D eigenvalue weighted by Gasteiger charge is -2.15. The highest BCUT2D eigenvalue weighted by Gasteiger charge is 2.21. The molecule has 1 aromatic heterocycles. The predicted octanol–water partition coefficient (Wildman–Crippen LogP) is 5.13. The monoisotopic (exact) mass is 403 g/mol. The van der Waals surface area contributed by atoms with Gasteiger partial charge in [0.25, 0.3) is 5.91 Å². The van der Waals surface area contributed by atoms with Gasteiger partial charge < -0.3 is 14.6 Å². The van der Waals surface area contributed by atoms with E-state index in [0.717, 1.165) is 28.4 Å². The molecule has 0 aliphatic heterocycles. The Labute approximate surface area is 173 Å². The Balaban J connectivity index is 1.59. The molecular weight excluding hydrogens is 382 g/mol. The molecule has 1 heterocycles. The maximum absolute atomic E-state index is 12.6. The number of carbonyl (C=O) groups excluding carboxylic acids is 1. The van der Waals surface area contributed by atoms with E-state index in [0.29, 0.717) is 5.69 Å². The number of fused-ring (bicyclic) bond motifs is 3. The molecule has 0 radical (unpaired) electrons. The van der Waals surface area contributed by atoms with Crippen LogP contribution in [0.5, 0.6) is 5.75 Å². The number of rotatable bonds is 6. The first-order valence-electron chi connectivity index (χ1n) is 9.71. The second kappa shape index (κ2) is 7.87. The van der Waals surface area contributed by atoms with E-state index in [4.69, 9.17) is 4.74 Å². The number of nitrogens with zero attached hydrogens (tertiary/aromatic N) is 2. The smallest absolute Gasteiger partial charge is 0.310 e. The SMILES string of the molecule is CCn1c2ccccc2c2cc(NC(=O)C(C)Oc3ccccc3[N+](=O)[O-])ccc21. The summed E-state index contributed by atoms with van der Waals surface area (Å²) in [6.45, 7) is 4.51. The highest BCUT2D eigenvalue weighted by molar-refractivity contribution is 6.10. The molecule has 0 saturated heterocycles. The van der Waals surface area contributed by atoms with E-state index >= 15 is 0 Å². The summed E-state index contributed by atoms with van der Waals surface area (Å²) >= 11 is 0. The zero-order chi connectivity index (χ0) is 21.3. The fraction of sp³-hybridized carbons (Fsp3) is 0.174. The van der Waals surface area contributed by atoms with Crippen molar-refractivity contribution < 1.29 is 14.5 Å². The minimum Gasteiger partial charge on any atom is -0.474 e. The second-order valence-corrected chi connectivity index (χ2v) is 6.97. The van der Waals surface area contributed by atoms with Crippen molar-refractivity contribution in [2.75, 3.05) is 5.32 Å². The molecule has 30 heavy (non-hydrogen) atoms. The second-order valence-electron chi connectivity index (χ2n) is 6.97. The molecule has 7 nitrogen and oxygen atoms in total. The number of aromatic nitrogens is 1. The fourth-order valence-electron chi connectivity index (χ4n) is 3.67. The molecule has 0 fully saturated rings. The number of ether oxygens (including phenoxy) is 1. The molecule has 0 saturated carbocycles. The first-order chi connectivity index (χ1) is 14.5. The molecule has 4 aromatic rings. The number of anilines is 1. The molecule has 1 N–H and O–H groups in total. The number of nitro benzene ring substituents is 1. The van der Waals surface area contributed by atoms with Gasteiger partial charge in [-0.25, -0.2) is 0 Å². The summed E-state index contributed by atoms with van der Waals surface area (Å²) in [6.07, 6.45) is -0.904. The van der Waals surface area contributed by atoms with E-state index in [2.05, 4.69) is 28.9 Å². The lowest BCUT2D eigenvalue weighted by Crippen LogP contribution is -2.30. The van der Waals surface area contributed by atoms with Gasteiger partial charge in [-0.1, -0.05) is 30.3 Å². The van der Waals surface area contributed by atoms with E-state index in [1.54, 1.807) is 19.1 Å². The van der Waals surface area contributed by atoms with E-state index in [1.165, 1.54) is 12.1 Å². The molecule has 4 rings (SSSR count). The van der Waals surface area contributed by atoms with Crippen LogP contribution in [0, 0.1) is 10.1 Å². The van der Waals surface area contributed by atoms with Crippen molar-refractivity contribution in [2.24, 2.45) is 0 Å². The normalized spacial score (nSPS) is 12.1. The average molecular weight is 403 g/mol. The number of amides is 1.